The minimum absolute atomic E-state index is 0.00669. The van der Waals surface area contributed by atoms with E-state index in [-0.39, 0.29) is 29.7 Å². The summed E-state index contributed by atoms with van der Waals surface area (Å²) in [7, 11) is 1.63. The minimum atomic E-state index is -0.438. The maximum absolute atomic E-state index is 14.8. The molecule has 0 radical (unpaired) electrons. The van der Waals surface area contributed by atoms with Gasteiger partial charge < -0.3 is 15.5 Å². The molecule has 2 amide bonds. The number of fused-ring (bicyclic) bond motifs is 2. The maximum Gasteiger partial charge on any atom is 0.225 e. The molecule has 1 aliphatic heterocycles. The molecule has 1 saturated carbocycles. The number of likely N-dealkylation sites (tertiary alicyclic amines) is 1. The van der Waals surface area contributed by atoms with Crippen molar-refractivity contribution in [3.63, 3.8) is 0 Å². The second kappa shape index (κ2) is 9.90. The molecule has 12 heteroatoms. The van der Waals surface area contributed by atoms with Gasteiger partial charge in [0.25, 0.3) is 0 Å². The number of nitrogens with one attached hydrogen (secondary N) is 2. The zero-order valence-electron chi connectivity index (χ0n) is 20.7. The van der Waals surface area contributed by atoms with Gasteiger partial charge in [0, 0.05) is 55.9 Å². The maximum atomic E-state index is 14.8. The van der Waals surface area contributed by atoms with Crippen molar-refractivity contribution in [1.29, 1.82) is 0 Å². The number of hydrogen-bond acceptors (Lipinski definition) is 7. The van der Waals surface area contributed by atoms with Crippen molar-refractivity contribution in [3.8, 4) is 5.69 Å². The number of benzene rings is 1. The smallest absolute Gasteiger partial charge is 0.225 e. The van der Waals surface area contributed by atoms with Crippen LogP contribution in [-0.4, -0.2) is 67.6 Å². The molecule has 1 unspecified atom stereocenters. The Balaban J connectivity index is 1.19. The molecular weight excluding hydrogens is 555 g/mol. The van der Waals surface area contributed by atoms with Gasteiger partial charge in [0.15, 0.2) is 11.5 Å². The van der Waals surface area contributed by atoms with Crippen molar-refractivity contribution in [3.05, 3.63) is 47.1 Å². The van der Waals surface area contributed by atoms with Crippen LogP contribution in [0.5, 0.6) is 0 Å². The molecule has 1 aliphatic carbocycles. The molecule has 1 aromatic carbocycles. The highest BCUT2D eigenvalue weighted by molar-refractivity contribution is 9.10. The van der Waals surface area contributed by atoms with Crippen LogP contribution in [0.2, 0.25) is 0 Å². The van der Waals surface area contributed by atoms with Gasteiger partial charge in [-0.25, -0.2) is 14.1 Å². The van der Waals surface area contributed by atoms with E-state index in [2.05, 4.69) is 41.6 Å². The zero-order valence-corrected chi connectivity index (χ0v) is 22.3. The fourth-order valence-corrected chi connectivity index (χ4v) is 5.97. The Morgan fingerprint density at radius 2 is 2.03 bits per heavy atom. The lowest BCUT2D eigenvalue weighted by Crippen LogP contribution is -2.36. The lowest BCUT2D eigenvalue weighted by Gasteiger charge is -2.20. The van der Waals surface area contributed by atoms with Crippen LogP contribution in [0.25, 0.3) is 27.6 Å². The zero-order chi connectivity index (χ0) is 26.4. The number of halogens is 2. The largest absolute Gasteiger partial charge is 0.359 e. The Hall–Kier alpha value is -3.67. The third-order valence-corrected chi connectivity index (χ3v) is 8.08. The van der Waals surface area contributed by atoms with E-state index in [0.29, 0.717) is 64.1 Å². The number of nitrogens with zero attached hydrogens (tertiary/aromatic N) is 6. The molecule has 0 spiro atoms. The number of amides is 2. The molecule has 3 aromatic heterocycles. The molecule has 4 heterocycles. The molecule has 2 fully saturated rings. The van der Waals surface area contributed by atoms with Gasteiger partial charge in [-0.05, 0) is 53.7 Å². The first kappa shape index (κ1) is 24.7. The summed E-state index contributed by atoms with van der Waals surface area (Å²) in [5.41, 5.74) is 1.35. The van der Waals surface area contributed by atoms with Gasteiger partial charge in [-0.1, -0.05) is 6.07 Å². The van der Waals surface area contributed by atoms with E-state index in [1.165, 1.54) is 6.07 Å². The molecule has 196 valence electrons. The van der Waals surface area contributed by atoms with Crippen molar-refractivity contribution in [2.45, 2.75) is 31.7 Å². The standard InChI is InChI=1S/C26H26BrFN8O2/c1-29-24(37)16-6-8-35(13-16)25(38)15-4-5-17(9-15)32-26-31-12-19-22(27)34-36(23(19)33-26)18-10-14-3-2-7-30-21(14)20(28)11-18/h2-3,7,10-12,15-17H,4-6,8-9,13H2,1H3,(H,29,37)(H,31,32,33)/t15-,16?,17-/m1/s1. The average Bonchev–Trinajstić information content (AvgIpc) is 3.67. The second-order valence-electron chi connectivity index (χ2n) is 9.87. The van der Waals surface area contributed by atoms with Crippen molar-refractivity contribution >= 4 is 55.6 Å². The number of rotatable bonds is 5. The third-order valence-electron chi connectivity index (χ3n) is 7.50. The topological polar surface area (TPSA) is 118 Å². The third kappa shape index (κ3) is 4.46. The summed E-state index contributed by atoms with van der Waals surface area (Å²) in [6.07, 6.45) is 6.20. The Bertz CT molecular complexity index is 1560. The molecule has 1 saturated heterocycles. The molecule has 10 nitrogen and oxygen atoms in total. The molecule has 38 heavy (non-hydrogen) atoms. The molecule has 0 bridgehead atoms. The Morgan fingerprint density at radius 1 is 1.16 bits per heavy atom. The Morgan fingerprint density at radius 3 is 2.87 bits per heavy atom. The average molecular weight is 581 g/mol. The van der Waals surface area contributed by atoms with Crippen molar-refractivity contribution < 1.29 is 14.0 Å². The predicted molar refractivity (Wildman–Crippen MR) is 143 cm³/mol. The first-order valence-corrected chi connectivity index (χ1v) is 13.4. The number of hydrogen-bond donors (Lipinski definition) is 2. The summed E-state index contributed by atoms with van der Waals surface area (Å²) in [6.45, 7) is 1.10. The Labute approximate surface area is 226 Å². The second-order valence-corrected chi connectivity index (χ2v) is 10.6. The van der Waals surface area contributed by atoms with Gasteiger partial charge in [0.05, 0.1) is 17.0 Å². The Kier molecular flexibility index (Phi) is 6.42. The number of pyridine rings is 1. The van der Waals surface area contributed by atoms with E-state index in [9.17, 15) is 14.0 Å². The first-order chi connectivity index (χ1) is 18.4. The monoisotopic (exact) mass is 580 g/mol. The van der Waals surface area contributed by atoms with Crippen LogP contribution >= 0.6 is 15.9 Å². The fraction of sp³-hybridized carbons (Fsp3) is 0.385. The van der Waals surface area contributed by atoms with E-state index >= 15 is 0 Å². The van der Waals surface area contributed by atoms with Crippen LogP contribution in [0, 0.1) is 17.7 Å². The predicted octanol–water partition coefficient (Wildman–Crippen LogP) is 3.44. The van der Waals surface area contributed by atoms with Crippen LogP contribution in [0.3, 0.4) is 0 Å². The summed E-state index contributed by atoms with van der Waals surface area (Å²) in [5.74, 6) is -0.122. The molecule has 3 atom stereocenters. The molecule has 6 rings (SSSR count). The highest BCUT2D eigenvalue weighted by Gasteiger charge is 2.37. The van der Waals surface area contributed by atoms with Crippen molar-refractivity contribution in [1.82, 2.24) is 34.9 Å². The normalized spacial score (nSPS) is 21.3. The number of anilines is 1. The van der Waals surface area contributed by atoms with Gasteiger partial charge in [0.1, 0.15) is 10.1 Å². The molecule has 4 aromatic rings. The van der Waals surface area contributed by atoms with Gasteiger partial charge >= 0.3 is 0 Å². The van der Waals surface area contributed by atoms with Gasteiger partial charge in [-0.2, -0.15) is 10.1 Å². The van der Waals surface area contributed by atoms with E-state index in [1.54, 1.807) is 36.3 Å². The van der Waals surface area contributed by atoms with Crippen LogP contribution in [0.4, 0.5) is 10.3 Å². The van der Waals surface area contributed by atoms with Gasteiger partial charge in [0.2, 0.25) is 17.8 Å². The van der Waals surface area contributed by atoms with E-state index in [1.807, 2.05) is 11.0 Å². The van der Waals surface area contributed by atoms with Crippen molar-refractivity contribution in [2.75, 3.05) is 25.5 Å². The highest BCUT2D eigenvalue weighted by atomic mass is 79.9. The lowest BCUT2D eigenvalue weighted by atomic mass is 10.1. The summed E-state index contributed by atoms with van der Waals surface area (Å²) in [5, 5.41) is 11.9. The van der Waals surface area contributed by atoms with Crippen LogP contribution in [0.1, 0.15) is 25.7 Å². The summed E-state index contributed by atoms with van der Waals surface area (Å²) in [4.78, 5) is 40.1. The fourth-order valence-electron chi connectivity index (χ4n) is 5.53. The first-order valence-electron chi connectivity index (χ1n) is 12.6. The van der Waals surface area contributed by atoms with Gasteiger partial charge in [-0.15, -0.1) is 0 Å². The van der Waals surface area contributed by atoms with E-state index in [0.717, 1.165) is 12.8 Å². The van der Waals surface area contributed by atoms with Crippen LogP contribution in [-0.2, 0) is 9.59 Å². The van der Waals surface area contributed by atoms with Gasteiger partial charge in [-0.3, -0.25) is 14.6 Å². The molecule has 2 N–H and O–H groups in total. The molecular formula is C26H26BrFN8O2. The summed E-state index contributed by atoms with van der Waals surface area (Å²) >= 11 is 3.46. The number of carbonyl (C=O) groups is 2. The minimum Gasteiger partial charge on any atom is -0.359 e. The highest BCUT2D eigenvalue weighted by Crippen LogP contribution is 2.32. The summed E-state index contributed by atoms with van der Waals surface area (Å²) in [6, 6.07) is 6.82. The van der Waals surface area contributed by atoms with Crippen LogP contribution in [0.15, 0.2) is 41.3 Å². The summed E-state index contributed by atoms with van der Waals surface area (Å²) < 4.78 is 16.9. The van der Waals surface area contributed by atoms with Crippen molar-refractivity contribution in [2.24, 2.45) is 11.8 Å². The SMILES string of the molecule is CNC(=O)C1CCN(C(=O)[C@@H]2CC[C@@H](Nc3ncc4c(Br)nn(-c5cc(F)c6ncccc6c5)c4n3)C2)C1. The number of carbonyl (C=O) groups excluding carboxylic acids is 2. The molecule has 2 aliphatic rings. The van der Waals surface area contributed by atoms with E-state index in [4.69, 9.17) is 4.98 Å². The van der Waals surface area contributed by atoms with E-state index < -0.39 is 5.82 Å². The van der Waals surface area contributed by atoms with Crippen LogP contribution < -0.4 is 10.6 Å². The lowest BCUT2D eigenvalue weighted by molar-refractivity contribution is -0.134. The quantitative estimate of drug-likeness (QED) is 0.371. The number of aromatic nitrogens is 5.